The number of pyridine rings is 1. The molecule has 2 aromatic heterocycles. The van der Waals surface area contributed by atoms with Gasteiger partial charge in [-0.3, -0.25) is 4.40 Å². The van der Waals surface area contributed by atoms with E-state index >= 15 is 0 Å². The van der Waals surface area contributed by atoms with Gasteiger partial charge in [0.2, 0.25) is 0 Å². The zero-order chi connectivity index (χ0) is 22.5. The second-order valence-corrected chi connectivity index (χ2v) is 8.63. The van der Waals surface area contributed by atoms with Gasteiger partial charge in [-0.25, -0.2) is 4.98 Å². The van der Waals surface area contributed by atoms with Crippen LogP contribution in [0.4, 0.5) is 0 Å². The minimum absolute atomic E-state index is 0.842. The number of hydrogen-bond acceptors (Lipinski definition) is 2. The monoisotopic (exact) mass is 428 g/mol. The molecule has 0 unspecified atom stereocenters. The van der Waals surface area contributed by atoms with Crippen molar-refractivity contribution >= 4 is 27.5 Å². The van der Waals surface area contributed by atoms with Crippen LogP contribution in [-0.4, -0.2) is 16.5 Å². The van der Waals surface area contributed by atoms with Gasteiger partial charge in [-0.05, 0) is 66.3 Å². The number of nitrogens with zero attached hydrogens (tertiary/aromatic N) is 2. The van der Waals surface area contributed by atoms with E-state index in [4.69, 9.17) is 9.72 Å². The number of imidazole rings is 1. The summed E-state index contributed by atoms with van der Waals surface area (Å²) >= 11 is 0. The number of aromatic nitrogens is 2. The SMILES string of the molecule is COc1ccc2c(c1)c(-c1ccc(C)cc1)c(-c1ccc(C)cc1)c1c2nc2ccccn21. The fourth-order valence-electron chi connectivity index (χ4n) is 4.76. The third-order valence-electron chi connectivity index (χ3n) is 6.45. The molecule has 0 saturated carbocycles. The molecule has 0 amide bonds. The maximum absolute atomic E-state index is 5.64. The highest BCUT2D eigenvalue weighted by atomic mass is 16.5. The van der Waals surface area contributed by atoms with Crippen molar-refractivity contribution in [3.05, 3.63) is 102 Å². The van der Waals surface area contributed by atoms with Gasteiger partial charge in [0.05, 0.1) is 18.1 Å². The van der Waals surface area contributed by atoms with Crippen LogP contribution in [0.15, 0.2) is 91.1 Å². The molecule has 6 rings (SSSR count). The van der Waals surface area contributed by atoms with Crippen LogP contribution in [0.5, 0.6) is 5.75 Å². The lowest BCUT2D eigenvalue weighted by Crippen LogP contribution is -1.94. The Bertz CT molecular complexity index is 1640. The topological polar surface area (TPSA) is 26.5 Å². The molecular formula is C30H24N2O. The smallest absolute Gasteiger partial charge is 0.137 e. The molecule has 0 saturated heterocycles. The number of benzene rings is 4. The fraction of sp³-hybridized carbons (Fsp3) is 0.100. The first-order valence-electron chi connectivity index (χ1n) is 11.2. The van der Waals surface area contributed by atoms with E-state index in [-0.39, 0.29) is 0 Å². The quantitative estimate of drug-likeness (QED) is 0.290. The summed E-state index contributed by atoms with van der Waals surface area (Å²) in [6.45, 7) is 4.25. The van der Waals surface area contributed by atoms with E-state index in [1.54, 1.807) is 7.11 Å². The Balaban J connectivity index is 1.90. The van der Waals surface area contributed by atoms with E-state index in [9.17, 15) is 0 Å². The first kappa shape index (κ1) is 19.6. The summed E-state index contributed by atoms with van der Waals surface area (Å²) in [6, 6.07) is 30.1. The number of methoxy groups -OCH3 is 1. The standard InChI is InChI=1S/C30H24N2O/c1-19-7-11-21(12-8-19)27-25-18-23(33-3)15-16-24(25)29-30(32-17-5-4-6-26(32)31-29)28(27)22-13-9-20(2)10-14-22/h4-18H,1-3H3. The molecule has 0 aliphatic rings. The largest absolute Gasteiger partial charge is 0.497 e. The molecule has 3 heteroatoms. The predicted octanol–water partition coefficient (Wildman–Crippen LogP) is 7.60. The van der Waals surface area contributed by atoms with Gasteiger partial charge in [0.25, 0.3) is 0 Å². The lowest BCUT2D eigenvalue weighted by atomic mass is 9.87. The van der Waals surface area contributed by atoms with E-state index in [1.165, 1.54) is 33.4 Å². The Morgan fingerprint density at radius 2 is 1.36 bits per heavy atom. The van der Waals surface area contributed by atoms with Crippen molar-refractivity contribution in [3.63, 3.8) is 0 Å². The first-order chi connectivity index (χ1) is 16.1. The highest BCUT2D eigenvalue weighted by molar-refractivity contribution is 6.20. The Morgan fingerprint density at radius 3 is 2.03 bits per heavy atom. The molecule has 2 heterocycles. The molecule has 3 nitrogen and oxygen atoms in total. The first-order valence-corrected chi connectivity index (χ1v) is 11.2. The summed E-state index contributed by atoms with van der Waals surface area (Å²) in [4.78, 5) is 5.07. The molecule has 0 radical (unpaired) electrons. The molecule has 0 atom stereocenters. The fourth-order valence-corrected chi connectivity index (χ4v) is 4.76. The van der Waals surface area contributed by atoms with Gasteiger partial charge >= 0.3 is 0 Å². The predicted molar refractivity (Wildman–Crippen MR) is 137 cm³/mol. The molecule has 160 valence electrons. The second-order valence-electron chi connectivity index (χ2n) is 8.63. The lowest BCUT2D eigenvalue weighted by molar-refractivity contribution is 0.415. The third kappa shape index (κ3) is 3.08. The summed E-state index contributed by atoms with van der Waals surface area (Å²) < 4.78 is 7.85. The van der Waals surface area contributed by atoms with Crippen LogP contribution in [0.2, 0.25) is 0 Å². The van der Waals surface area contributed by atoms with Crippen molar-refractivity contribution in [1.29, 1.82) is 0 Å². The highest BCUT2D eigenvalue weighted by Gasteiger charge is 2.21. The van der Waals surface area contributed by atoms with Gasteiger partial charge in [0, 0.05) is 17.1 Å². The number of aryl methyl sites for hydroxylation is 2. The Hall–Kier alpha value is -4.11. The van der Waals surface area contributed by atoms with Crippen LogP contribution < -0.4 is 4.74 Å². The lowest BCUT2D eigenvalue weighted by Gasteiger charge is -2.17. The minimum Gasteiger partial charge on any atom is -0.497 e. The molecule has 4 aromatic carbocycles. The van der Waals surface area contributed by atoms with Gasteiger partial charge in [-0.2, -0.15) is 0 Å². The number of rotatable bonds is 3. The van der Waals surface area contributed by atoms with E-state index in [2.05, 4.69) is 97.2 Å². The van der Waals surface area contributed by atoms with Crippen molar-refractivity contribution < 1.29 is 4.74 Å². The van der Waals surface area contributed by atoms with Crippen LogP contribution in [0, 0.1) is 13.8 Å². The molecule has 0 bridgehead atoms. The second kappa shape index (κ2) is 7.49. The maximum Gasteiger partial charge on any atom is 0.137 e. The molecule has 33 heavy (non-hydrogen) atoms. The van der Waals surface area contributed by atoms with Crippen molar-refractivity contribution in [2.24, 2.45) is 0 Å². The molecule has 0 fully saturated rings. The zero-order valence-electron chi connectivity index (χ0n) is 19.0. The third-order valence-corrected chi connectivity index (χ3v) is 6.45. The van der Waals surface area contributed by atoms with Crippen molar-refractivity contribution in [3.8, 4) is 28.0 Å². The minimum atomic E-state index is 0.842. The van der Waals surface area contributed by atoms with Gasteiger partial charge in [0.1, 0.15) is 11.4 Å². The Morgan fingerprint density at radius 1 is 0.697 bits per heavy atom. The number of fused-ring (bicyclic) bond motifs is 5. The summed E-state index contributed by atoms with van der Waals surface area (Å²) in [5.74, 6) is 0.842. The van der Waals surface area contributed by atoms with Crippen LogP contribution in [-0.2, 0) is 0 Å². The van der Waals surface area contributed by atoms with Crippen molar-refractivity contribution in [1.82, 2.24) is 9.38 Å². The average Bonchev–Trinajstić information content (AvgIpc) is 3.24. The molecule has 0 spiro atoms. The maximum atomic E-state index is 5.64. The van der Waals surface area contributed by atoms with Crippen LogP contribution >= 0.6 is 0 Å². The Kier molecular flexibility index (Phi) is 4.44. The van der Waals surface area contributed by atoms with E-state index < -0.39 is 0 Å². The highest BCUT2D eigenvalue weighted by Crippen LogP contribution is 2.45. The summed E-state index contributed by atoms with van der Waals surface area (Å²) in [5, 5.41) is 2.27. The van der Waals surface area contributed by atoms with Crippen molar-refractivity contribution in [2.45, 2.75) is 13.8 Å². The van der Waals surface area contributed by atoms with Gasteiger partial charge < -0.3 is 4.74 Å². The summed E-state index contributed by atoms with van der Waals surface area (Å²) in [7, 11) is 1.72. The van der Waals surface area contributed by atoms with Crippen LogP contribution in [0.1, 0.15) is 11.1 Å². The number of hydrogen-bond donors (Lipinski definition) is 0. The molecule has 0 N–H and O–H groups in total. The Labute approximate surface area is 192 Å². The van der Waals surface area contributed by atoms with E-state index in [1.807, 2.05) is 12.1 Å². The van der Waals surface area contributed by atoms with Gasteiger partial charge in [0.15, 0.2) is 0 Å². The van der Waals surface area contributed by atoms with Crippen LogP contribution in [0.3, 0.4) is 0 Å². The molecular weight excluding hydrogens is 404 g/mol. The summed E-state index contributed by atoms with van der Waals surface area (Å²) in [6.07, 6.45) is 2.11. The normalized spacial score (nSPS) is 11.5. The summed E-state index contributed by atoms with van der Waals surface area (Å²) in [5.41, 5.74) is 10.3. The average molecular weight is 429 g/mol. The zero-order valence-corrected chi connectivity index (χ0v) is 19.0. The van der Waals surface area contributed by atoms with Gasteiger partial charge in [-0.1, -0.05) is 65.7 Å². The van der Waals surface area contributed by atoms with E-state index in [0.29, 0.717) is 0 Å². The number of ether oxygens (including phenoxy) is 1. The molecule has 0 aliphatic carbocycles. The van der Waals surface area contributed by atoms with E-state index in [0.717, 1.165) is 33.2 Å². The van der Waals surface area contributed by atoms with Crippen LogP contribution in [0.25, 0.3) is 49.7 Å². The van der Waals surface area contributed by atoms with Crippen molar-refractivity contribution in [2.75, 3.05) is 7.11 Å². The molecule has 0 aliphatic heterocycles. The van der Waals surface area contributed by atoms with Gasteiger partial charge in [-0.15, -0.1) is 0 Å². The molecule has 6 aromatic rings.